The monoisotopic (exact) mass is 148 g/mol. The van der Waals surface area contributed by atoms with E-state index in [1.54, 1.807) is 0 Å². The summed E-state index contributed by atoms with van der Waals surface area (Å²) in [5.41, 5.74) is 0. The van der Waals surface area contributed by atoms with E-state index in [0.29, 0.717) is 0 Å². The summed E-state index contributed by atoms with van der Waals surface area (Å²) < 4.78 is 8.46. The Balaban J connectivity index is -0.0000000575. The van der Waals surface area contributed by atoms with Crippen LogP contribution in [0.25, 0.3) is 0 Å². The van der Waals surface area contributed by atoms with E-state index >= 15 is 0 Å². The van der Waals surface area contributed by atoms with Crippen molar-refractivity contribution >= 4 is 31.7 Å². The van der Waals surface area contributed by atoms with Gasteiger partial charge < -0.3 is 4.89 Å². The average molecular weight is 148 g/mol. The van der Waals surface area contributed by atoms with Crippen molar-refractivity contribution in [2.24, 2.45) is 0 Å². The molecule has 0 amide bonds. The zero-order valence-corrected chi connectivity index (χ0v) is 5.61. The van der Waals surface area contributed by atoms with E-state index in [1.807, 2.05) is 0 Å². The van der Waals surface area contributed by atoms with Crippen LogP contribution in [-0.4, -0.2) is 27.9 Å². The number of rotatable bonds is 1. The van der Waals surface area contributed by atoms with E-state index in [2.05, 4.69) is 13.8 Å². The van der Waals surface area contributed by atoms with Crippen molar-refractivity contribution in [1.29, 1.82) is 0 Å². The highest BCUT2D eigenvalue weighted by Crippen LogP contribution is 1.76. The second-order valence-corrected chi connectivity index (χ2v) is 1.24. The highest BCUT2D eigenvalue weighted by Gasteiger charge is 1.56. The molecule has 48 valence electrons. The van der Waals surface area contributed by atoms with Gasteiger partial charge in [0.05, 0.1) is 0 Å². The number of hydrogen-bond acceptors (Lipinski definition) is 1. The molecule has 0 unspecified atom stereocenters. The van der Waals surface area contributed by atoms with Crippen molar-refractivity contribution < 1.29 is 9.46 Å². The van der Waals surface area contributed by atoms with Gasteiger partial charge >= 0.3 is 31.7 Å². The minimum atomic E-state index is -0.833. The Morgan fingerprint density at radius 2 is 1.50 bits per heavy atom. The van der Waals surface area contributed by atoms with Crippen LogP contribution in [0.4, 0.5) is 0 Å². The van der Waals surface area contributed by atoms with Crippen molar-refractivity contribution in [2.45, 2.75) is 26.7 Å². The van der Waals surface area contributed by atoms with Gasteiger partial charge in [-0.05, 0) is 0 Å². The van der Waals surface area contributed by atoms with Crippen LogP contribution in [0.5, 0.6) is 0 Å². The third kappa shape index (κ3) is 69.5. The molecule has 0 spiro atoms. The average Bonchev–Trinajstić information content (AvgIpc) is 1.69. The standard InChI is InChI=1S/C4H10.Mg.HO2P.2H/c1-3-4-2;;1-3-2;;/h3-4H2,1-2H3;;(H,1,2);;. The maximum Gasteiger partial charge on any atom is 0.324 e. The number of hydrogen-bond donors (Lipinski definition) is 1. The molecule has 0 aromatic carbocycles. The van der Waals surface area contributed by atoms with E-state index in [0.717, 1.165) is 0 Å². The molecule has 0 bridgehead atoms. The molecule has 0 atom stereocenters. The molecular weight excluding hydrogens is 135 g/mol. The maximum absolute atomic E-state index is 8.46. The summed E-state index contributed by atoms with van der Waals surface area (Å²) in [6.45, 7) is 4.36. The third-order valence-electron chi connectivity index (χ3n) is 0.500. The Morgan fingerprint density at radius 1 is 1.38 bits per heavy atom. The lowest BCUT2D eigenvalue weighted by Crippen LogP contribution is -1.47. The highest BCUT2D eigenvalue weighted by atomic mass is 31.1. The molecule has 0 saturated heterocycles. The highest BCUT2D eigenvalue weighted by molar-refractivity contribution is 7.16. The zero-order chi connectivity index (χ0) is 6.12. The van der Waals surface area contributed by atoms with Crippen molar-refractivity contribution in [3.05, 3.63) is 0 Å². The van der Waals surface area contributed by atoms with Gasteiger partial charge in [-0.1, -0.05) is 26.7 Å². The summed E-state index contributed by atoms with van der Waals surface area (Å²) in [7, 11) is -0.833. The Morgan fingerprint density at radius 3 is 1.50 bits per heavy atom. The van der Waals surface area contributed by atoms with E-state index in [1.165, 1.54) is 12.8 Å². The van der Waals surface area contributed by atoms with E-state index < -0.39 is 8.69 Å². The van der Waals surface area contributed by atoms with Gasteiger partial charge in [0, 0.05) is 0 Å². The molecule has 0 saturated carbocycles. The summed E-state index contributed by atoms with van der Waals surface area (Å²) in [5, 5.41) is 0. The van der Waals surface area contributed by atoms with Gasteiger partial charge in [0.15, 0.2) is 0 Å². The molecule has 0 fully saturated rings. The third-order valence-corrected chi connectivity index (χ3v) is 0.500. The minimum absolute atomic E-state index is 0. The van der Waals surface area contributed by atoms with Gasteiger partial charge in [-0.25, -0.2) is 4.57 Å². The molecule has 0 aromatic rings. The topological polar surface area (TPSA) is 37.3 Å². The van der Waals surface area contributed by atoms with Gasteiger partial charge in [0.1, 0.15) is 0 Å². The van der Waals surface area contributed by atoms with Crippen molar-refractivity contribution in [1.82, 2.24) is 0 Å². The van der Waals surface area contributed by atoms with Crippen LogP contribution in [0, 0.1) is 0 Å². The van der Waals surface area contributed by atoms with E-state index in [-0.39, 0.29) is 23.1 Å². The summed E-state index contributed by atoms with van der Waals surface area (Å²) in [4.78, 5) is 6.99. The quantitative estimate of drug-likeness (QED) is 0.446. The van der Waals surface area contributed by atoms with Crippen LogP contribution in [0.1, 0.15) is 26.7 Å². The van der Waals surface area contributed by atoms with Crippen LogP contribution in [0.3, 0.4) is 0 Å². The lowest BCUT2D eigenvalue weighted by Gasteiger charge is -1.68. The van der Waals surface area contributed by atoms with Gasteiger partial charge in [-0.3, -0.25) is 0 Å². The van der Waals surface area contributed by atoms with Gasteiger partial charge in [-0.15, -0.1) is 0 Å². The summed E-state index contributed by atoms with van der Waals surface area (Å²) >= 11 is 0. The first-order valence-electron chi connectivity index (χ1n) is 2.30. The molecule has 2 nitrogen and oxygen atoms in total. The predicted octanol–water partition coefficient (Wildman–Crippen LogP) is 1.08. The van der Waals surface area contributed by atoms with Crippen molar-refractivity contribution in [2.75, 3.05) is 0 Å². The Bertz CT molecular complexity index is 33.2. The van der Waals surface area contributed by atoms with Crippen LogP contribution in [-0.2, 0) is 4.57 Å². The summed E-state index contributed by atoms with van der Waals surface area (Å²) in [6, 6.07) is 0. The van der Waals surface area contributed by atoms with Crippen LogP contribution < -0.4 is 0 Å². The molecule has 0 heterocycles. The molecule has 4 heteroatoms. The maximum atomic E-state index is 8.46. The van der Waals surface area contributed by atoms with E-state index in [4.69, 9.17) is 9.46 Å². The van der Waals surface area contributed by atoms with Gasteiger partial charge in [0.2, 0.25) is 0 Å². The van der Waals surface area contributed by atoms with E-state index in [9.17, 15) is 0 Å². The zero-order valence-electron chi connectivity index (χ0n) is 4.72. The molecular formula is C4H13MgO2P. The van der Waals surface area contributed by atoms with Crippen molar-refractivity contribution in [3.8, 4) is 0 Å². The molecule has 8 heavy (non-hydrogen) atoms. The molecule has 0 aliphatic rings. The largest absolute Gasteiger partial charge is 0.324 e. The fourth-order valence-corrected chi connectivity index (χ4v) is 0. The predicted molar refractivity (Wildman–Crippen MR) is 39.0 cm³/mol. The van der Waals surface area contributed by atoms with Crippen molar-refractivity contribution in [3.63, 3.8) is 0 Å². The fourth-order valence-electron chi connectivity index (χ4n) is 0. The normalized spacial score (nSPS) is 6.38. The molecule has 0 radical (unpaired) electrons. The van der Waals surface area contributed by atoms with Crippen LogP contribution >= 0.6 is 8.69 Å². The van der Waals surface area contributed by atoms with Crippen LogP contribution in [0.2, 0.25) is 0 Å². The second kappa shape index (κ2) is 24.9. The molecule has 0 aromatic heterocycles. The SMILES string of the molecule is CCCC.O=PO.[MgH2]. The fraction of sp³-hybridized carbons (Fsp3) is 1.00. The van der Waals surface area contributed by atoms with Gasteiger partial charge in [-0.2, -0.15) is 0 Å². The lowest BCUT2D eigenvalue weighted by molar-refractivity contribution is 0.524. The first-order valence-corrected chi connectivity index (χ1v) is 3.06. The first kappa shape index (κ1) is 15.9. The summed E-state index contributed by atoms with van der Waals surface area (Å²) in [5.74, 6) is 0. The molecule has 0 aliphatic heterocycles. The number of unbranched alkanes of at least 4 members (excludes halogenated alkanes) is 1. The first-order chi connectivity index (χ1) is 3.33. The minimum Gasteiger partial charge on any atom is -0.310 e. The Hall–Kier alpha value is 0.826. The molecule has 1 N–H and O–H groups in total. The Labute approximate surface area is 68.1 Å². The summed E-state index contributed by atoms with van der Waals surface area (Å²) in [6.07, 6.45) is 2.64. The molecule has 0 aliphatic carbocycles. The second-order valence-electron chi connectivity index (χ2n) is 1.08. The van der Waals surface area contributed by atoms with Gasteiger partial charge in [0.25, 0.3) is 0 Å². The smallest absolute Gasteiger partial charge is 0.310 e. The molecule has 0 rings (SSSR count). The Kier molecular flexibility index (Phi) is 49.6. The lowest BCUT2D eigenvalue weighted by atomic mass is 10.4. The van der Waals surface area contributed by atoms with Crippen LogP contribution in [0.15, 0.2) is 0 Å².